The van der Waals surface area contributed by atoms with E-state index < -0.39 is 28.8 Å². The normalized spacial score (nSPS) is 10.5. The number of hydrogen-bond acceptors (Lipinski definition) is 4. The van der Waals surface area contributed by atoms with Crippen LogP contribution in [0.2, 0.25) is 0 Å². The second kappa shape index (κ2) is 7.22. The first-order valence-corrected chi connectivity index (χ1v) is 7.19. The molecule has 0 aliphatic carbocycles. The highest BCUT2D eigenvalue weighted by Gasteiger charge is 2.21. The summed E-state index contributed by atoms with van der Waals surface area (Å²) in [7, 11) is 1.30. The molecule has 8 heteroatoms. The summed E-state index contributed by atoms with van der Waals surface area (Å²) in [5, 5.41) is 2.48. The predicted molar refractivity (Wildman–Crippen MR) is 85.2 cm³/mol. The van der Waals surface area contributed by atoms with E-state index in [2.05, 4.69) is 10.8 Å². The Labute approximate surface area is 137 Å². The minimum atomic E-state index is -1.19. The van der Waals surface area contributed by atoms with Gasteiger partial charge in [-0.3, -0.25) is 14.4 Å². The van der Waals surface area contributed by atoms with Crippen LogP contribution in [0.3, 0.4) is 0 Å². The Hall–Kier alpha value is -2.74. The van der Waals surface area contributed by atoms with Crippen molar-refractivity contribution in [3.63, 3.8) is 0 Å². The largest absolute Gasteiger partial charge is 0.350 e. The summed E-state index contributed by atoms with van der Waals surface area (Å²) in [6, 6.07) is 4.26. The fourth-order valence-corrected chi connectivity index (χ4v) is 2.04. The first kappa shape index (κ1) is 17.6. The molecule has 1 aromatic heterocycles. The molecule has 0 radical (unpaired) electrons. The number of pyridine rings is 1. The summed E-state index contributed by atoms with van der Waals surface area (Å²) in [5.74, 6) is -2.59. The minimum Gasteiger partial charge on any atom is -0.350 e. The number of hydrogen-bond donors (Lipinski definition) is 2. The van der Waals surface area contributed by atoms with Crippen molar-refractivity contribution in [1.29, 1.82) is 0 Å². The highest BCUT2D eigenvalue weighted by Crippen LogP contribution is 2.25. The fourth-order valence-electron chi connectivity index (χ4n) is 2.04. The zero-order valence-electron chi connectivity index (χ0n) is 13.4. The Morgan fingerprint density at radius 2 is 2.04 bits per heavy atom. The maximum atomic E-state index is 14.4. The number of aromatic nitrogens is 1. The van der Waals surface area contributed by atoms with Crippen molar-refractivity contribution < 1.29 is 18.4 Å². The van der Waals surface area contributed by atoms with Gasteiger partial charge in [-0.15, -0.1) is 0 Å². The quantitative estimate of drug-likeness (QED) is 0.822. The van der Waals surface area contributed by atoms with Crippen molar-refractivity contribution in [2.75, 3.05) is 11.9 Å². The van der Waals surface area contributed by atoms with Crippen molar-refractivity contribution in [1.82, 2.24) is 10.0 Å². The number of benzene rings is 1. The van der Waals surface area contributed by atoms with Crippen LogP contribution < -0.4 is 16.4 Å². The smallest absolute Gasteiger partial charge is 0.288 e. The van der Waals surface area contributed by atoms with Crippen LogP contribution in [0.1, 0.15) is 22.8 Å². The third-order valence-electron chi connectivity index (χ3n) is 3.26. The van der Waals surface area contributed by atoms with Crippen LogP contribution in [-0.2, 0) is 11.9 Å². The van der Waals surface area contributed by atoms with Crippen LogP contribution in [-0.4, -0.2) is 17.1 Å². The topological polar surface area (TPSA) is 72.4 Å². The van der Waals surface area contributed by atoms with E-state index in [1.807, 2.05) is 0 Å². The van der Waals surface area contributed by atoms with Gasteiger partial charge in [-0.25, -0.2) is 9.87 Å². The van der Waals surface area contributed by atoms with Gasteiger partial charge in [0.25, 0.3) is 11.5 Å². The summed E-state index contributed by atoms with van der Waals surface area (Å²) >= 11 is 0. The molecule has 0 unspecified atom stereocenters. The molecule has 2 N–H and O–H groups in total. The second-order valence-electron chi connectivity index (χ2n) is 5.12. The summed E-state index contributed by atoms with van der Waals surface area (Å²) in [6.45, 7) is 3.56. The van der Waals surface area contributed by atoms with E-state index in [-0.39, 0.29) is 17.9 Å². The number of anilines is 2. The van der Waals surface area contributed by atoms with Gasteiger partial charge in [0.05, 0.1) is 23.5 Å². The number of rotatable bonds is 5. The van der Waals surface area contributed by atoms with Gasteiger partial charge in [-0.1, -0.05) is 6.07 Å². The SMILES string of the molecule is CCONC(=O)c1cn(C)c(=O)c(F)c1Nc1ccc(C)cc1F. The van der Waals surface area contributed by atoms with Gasteiger partial charge in [0.2, 0.25) is 5.82 Å². The maximum absolute atomic E-state index is 14.4. The number of aryl methyl sites for hydroxylation is 2. The number of carbonyl (C=O) groups is 1. The monoisotopic (exact) mass is 337 g/mol. The van der Waals surface area contributed by atoms with Gasteiger partial charge in [-0.2, -0.15) is 4.39 Å². The van der Waals surface area contributed by atoms with Crippen LogP contribution in [0.5, 0.6) is 0 Å². The number of nitrogens with one attached hydrogen (secondary N) is 2. The van der Waals surface area contributed by atoms with E-state index in [0.717, 1.165) is 10.8 Å². The lowest BCUT2D eigenvalue weighted by Gasteiger charge is -2.15. The lowest BCUT2D eigenvalue weighted by Crippen LogP contribution is -2.29. The van der Waals surface area contributed by atoms with Crippen LogP contribution in [0.4, 0.5) is 20.2 Å². The second-order valence-corrected chi connectivity index (χ2v) is 5.12. The minimum absolute atomic E-state index is 0.0572. The molecule has 0 atom stereocenters. The average Bonchev–Trinajstić information content (AvgIpc) is 2.54. The van der Waals surface area contributed by atoms with Gasteiger partial charge in [0, 0.05) is 13.2 Å². The lowest BCUT2D eigenvalue weighted by molar-refractivity contribution is 0.0364. The summed E-state index contributed by atoms with van der Waals surface area (Å²) in [6.07, 6.45) is 1.15. The average molecular weight is 337 g/mol. The first-order chi connectivity index (χ1) is 11.3. The van der Waals surface area contributed by atoms with E-state index in [0.29, 0.717) is 5.56 Å². The molecule has 1 aromatic carbocycles. The number of hydroxylamine groups is 1. The summed E-state index contributed by atoms with van der Waals surface area (Å²) in [4.78, 5) is 28.7. The Bertz CT molecular complexity index is 834. The molecular formula is C16H17F2N3O3. The van der Waals surface area contributed by atoms with Crippen LogP contribution in [0, 0.1) is 18.6 Å². The van der Waals surface area contributed by atoms with E-state index >= 15 is 0 Å². The van der Waals surface area contributed by atoms with Crippen molar-refractivity contribution in [3.8, 4) is 0 Å². The van der Waals surface area contributed by atoms with Gasteiger partial charge in [0.15, 0.2) is 0 Å². The first-order valence-electron chi connectivity index (χ1n) is 7.19. The third kappa shape index (κ3) is 3.60. The van der Waals surface area contributed by atoms with Crippen LogP contribution in [0.15, 0.2) is 29.2 Å². The lowest BCUT2D eigenvalue weighted by atomic mass is 10.1. The molecule has 6 nitrogen and oxygen atoms in total. The zero-order valence-corrected chi connectivity index (χ0v) is 13.4. The Balaban J connectivity index is 2.52. The van der Waals surface area contributed by atoms with Gasteiger partial charge < -0.3 is 9.88 Å². The van der Waals surface area contributed by atoms with Crippen molar-refractivity contribution in [2.24, 2.45) is 7.05 Å². The predicted octanol–water partition coefficient (Wildman–Crippen LogP) is 2.40. The van der Waals surface area contributed by atoms with Gasteiger partial charge in [0.1, 0.15) is 5.82 Å². The molecule has 0 saturated heterocycles. The van der Waals surface area contributed by atoms with Crippen molar-refractivity contribution >= 4 is 17.3 Å². The van der Waals surface area contributed by atoms with Gasteiger partial charge in [-0.05, 0) is 31.5 Å². The van der Waals surface area contributed by atoms with Crippen LogP contribution >= 0.6 is 0 Å². The van der Waals surface area contributed by atoms with E-state index in [1.165, 1.54) is 19.2 Å². The molecule has 0 aliphatic heterocycles. The third-order valence-corrected chi connectivity index (χ3v) is 3.26. The van der Waals surface area contributed by atoms with Gasteiger partial charge >= 0.3 is 0 Å². The molecule has 2 aromatic rings. The Kier molecular flexibility index (Phi) is 5.30. The molecule has 128 valence electrons. The van der Waals surface area contributed by atoms with E-state index in [1.54, 1.807) is 19.9 Å². The van der Waals surface area contributed by atoms with Crippen molar-refractivity contribution in [3.05, 3.63) is 57.5 Å². The number of amides is 1. The van der Waals surface area contributed by atoms with Crippen molar-refractivity contribution in [2.45, 2.75) is 13.8 Å². The summed E-state index contributed by atoms with van der Waals surface area (Å²) in [5.41, 5.74) is 1.18. The Morgan fingerprint density at radius 3 is 2.67 bits per heavy atom. The highest BCUT2D eigenvalue weighted by molar-refractivity contribution is 5.99. The molecule has 2 rings (SSSR count). The molecule has 0 fully saturated rings. The number of halogens is 2. The standard InChI is InChI=1S/C16H17F2N3O3/c1-4-24-20-15(22)10-8-21(3)16(23)13(18)14(10)19-12-6-5-9(2)7-11(12)17/h5-8,19H,4H2,1-3H3,(H,20,22). The molecule has 0 bridgehead atoms. The molecule has 1 heterocycles. The fraction of sp³-hybridized carbons (Fsp3) is 0.250. The molecular weight excluding hydrogens is 320 g/mol. The van der Waals surface area contributed by atoms with Crippen LogP contribution in [0.25, 0.3) is 0 Å². The Morgan fingerprint density at radius 1 is 1.33 bits per heavy atom. The molecule has 0 aliphatic rings. The highest BCUT2D eigenvalue weighted by atomic mass is 19.1. The maximum Gasteiger partial charge on any atom is 0.288 e. The number of nitrogens with zero attached hydrogens (tertiary/aromatic N) is 1. The zero-order chi connectivity index (χ0) is 17.9. The number of carbonyl (C=O) groups excluding carboxylic acids is 1. The molecule has 0 saturated carbocycles. The molecule has 1 amide bonds. The molecule has 24 heavy (non-hydrogen) atoms. The van der Waals surface area contributed by atoms with E-state index in [4.69, 9.17) is 4.84 Å². The summed E-state index contributed by atoms with van der Waals surface area (Å²) < 4.78 is 29.3. The van der Waals surface area contributed by atoms with E-state index in [9.17, 15) is 18.4 Å². The molecule has 0 spiro atoms.